The number of benzene rings is 2. The Morgan fingerprint density at radius 2 is 1.91 bits per heavy atom. The summed E-state index contributed by atoms with van der Waals surface area (Å²) < 4.78 is 1.04. The molecule has 0 aliphatic rings. The summed E-state index contributed by atoms with van der Waals surface area (Å²) in [7, 11) is 0. The molecule has 1 aromatic heterocycles. The average molecular weight is 357 g/mol. The Balaban J connectivity index is 1.68. The maximum atomic E-state index is 12.3. The summed E-state index contributed by atoms with van der Waals surface area (Å²) in [4.78, 5) is 15.5. The third-order valence-electron chi connectivity index (χ3n) is 3.77. The standard InChI is InChI=1S/C18H17BrN2O/c1-12(13-6-8-15(19)9-7-13)21-18(22)10-14-11-20-17-5-3-2-4-16(14)17/h2-9,11-12,20H,10H2,1H3,(H,21,22). The van der Waals surface area contributed by atoms with Crippen LogP contribution in [0, 0.1) is 0 Å². The predicted molar refractivity (Wildman–Crippen MR) is 92.7 cm³/mol. The number of aromatic nitrogens is 1. The van der Waals surface area contributed by atoms with Crippen LogP contribution >= 0.6 is 15.9 Å². The van der Waals surface area contributed by atoms with Crippen LogP contribution in [-0.4, -0.2) is 10.9 Å². The van der Waals surface area contributed by atoms with Crippen LogP contribution in [0.2, 0.25) is 0 Å². The Morgan fingerprint density at radius 1 is 1.18 bits per heavy atom. The maximum absolute atomic E-state index is 12.3. The van der Waals surface area contributed by atoms with Crippen molar-refractivity contribution in [3.63, 3.8) is 0 Å². The number of amides is 1. The van der Waals surface area contributed by atoms with Gasteiger partial charge in [-0.2, -0.15) is 0 Å². The Labute approximate surface area is 137 Å². The zero-order chi connectivity index (χ0) is 15.5. The first kappa shape index (κ1) is 14.9. The van der Waals surface area contributed by atoms with Gasteiger partial charge in [-0.25, -0.2) is 0 Å². The lowest BCUT2D eigenvalue weighted by molar-refractivity contribution is -0.121. The number of aromatic amines is 1. The molecule has 0 bridgehead atoms. The zero-order valence-electron chi connectivity index (χ0n) is 12.3. The second-order valence-electron chi connectivity index (χ2n) is 5.38. The monoisotopic (exact) mass is 356 g/mol. The van der Waals surface area contributed by atoms with E-state index in [2.05, 4.69) is 26.2 Å². The summed E-state index contributed by atoms with van der Waals surface area (Å²) in [5, 5.41) is 4.16. The van der Waals surface area contributed by atoms with Crippen LogP contribution in [0.15, 0.2) is 59.2 Å². The molecule has 2 N–H and O–H groups in total. The van der Waals surface area contributed by atoms with Crippen LogP contribution in [0.1, 0.15) is 24.1 Å². The SMILES string of the molecule is CC(NC(=O)Cc1c[nH]c2ccccc12)c1ccc(Br)cc1. The fraction of sp³-hybridized carbons (Fsp3) is 0.167. The van der Waals surface area contributed by atoms with Gasteiger partial charge < -0.3 is 10.3 Å². The number of carbonyl (C=O) groups is 1. The average Bonchev–Trinajstić information content (AvgIpc) is 2.91. The topological polar surface area (TPSA) is 44.9 Å². The van der Waals surface area contributed by atoms with Gasteiger partial charge in [-0.3, -0.25) is 4.79 Å². The largest absolute Gasteiger partial charge is 0.361 e. The molecule has 0 spiro atoms. The molecule has 0 aliphatic heterocycles. The van der Waals surface area contributed by atoms with E-state index in [1.54, 1.807) is 0 Å². The third-order valence-corrected chi connectivity index (χ3v) is 4.30. The molecule has 1 atom stereocenters. The molecule has 1 amide bonds. The molecule has 1 heterocycles. The number of hydrogen-bond acceptors (Lipinski definition) is 1. The van der Waals surface area contributed by atoms with Gasteiger partial charge >= 0.3 is 0 Å². The van der Waals surface area contributed by atoms with Crippen LogP contribution in [0.3, 0.4) is 0 Å². The van der Waals surface area contributed by atoms with Crippen LogP contribution in [0.25, 0.3) is 10.9 Å². The fourth-order valence-corrected chi connectivity index (χ4v) is 2.84. The van der Waals surface area contributed by atoms with Gasteiger partial charge in [0.05, 0.1) is 12.5 Å². The highest BCUT2D eigenvalue weighted by Gasteiger charge is 2.12. The maximum Gasteiger partial charge on any atom is 0.224 e. The van der Waals surface area contributed by atoms with Crippen molar-refractivity contribution in [1.82, 2.24) is 10.3 Å². The quantitative estimate of drug-likeness (QED) is 0.716. The van der Waals surface area contributed by atoms with E-state index in [-0.39, 0.29) is 11.9 Å². The summed E-state index contributed by atoms with van der Waals surface area (Å²) in [6.07, 6.45) is 2.29. The van der Waals surface area contributed by atoms with Gasteiger partial charge in [0.15, 0.2) is 0 Å². The van der Waals surface area contributed by atoms with Crippen molar-refractivity contribution >= 4 is 32.7 Å². The van der Waals surface area contributed by atoms with Crippen LogP contribution < -0.4 is 5.32 Å². The van der Waals surface area contributed by atoms with Crippen LogP contribution in [0.4, 0.5) is 0 Å². The van der Waals surface area contributed by atoms with E-state index >= 15 is 0 Å². The molecular formula is C18H17BrN2O. The van der Waals surface area contributed by atoms with Crippen molar-refractivity contribution in [2.45, 2.75) is 19.4 Å². The summed E-state index contributed by atoms with van der Waals surface area (Å²) in [6, 6.07) is 16.0. The second-order valence-corrected chi connectivity index (χ2v) is 6.29. The minimum absolute atomic E-state index is 0.00851. The molecular weight excluding hydrogens is 340 g/mol. The van der Waals surface area contributed by atoms with Gasteiger partial charge in [0.2, 0.25) is 5.91 Å². The minimum atomic E-state index is -0.00851. The molecule has 3 nitrogen and oxygen atoms in total. The molecule has 0 saturated carbocycles. The molecule has 1 unspecified atom stereocenters. The van der Waals surface area contributed by atoms with Crippen molar-refractivity contribution in [3.05, 3.63) is 70.3 Å². The lowest BCUT2D eigenvalue weighted by atomic mass is 10.1. The lowest BCUT2D eigenvalue weighted by Gasteiger charge is -2.14. The molecule has 3 rings (SSSR count). The smallest absolute Gasteiger partial charge is 0.224 e. The van der Waals surface area contributed by atoms with Gasteiger partial charge in [-0.05, 0) is 36.2 Å². The van der Waals surface area contributed by atoms with Gasteiger partial charge in [0, 0.05) is 21.6 Å². The van der Waals surface area contributed by atoms with E-state index in [9.17, 15) is 4.79 Å². The van der Waals surface area contributed by atoms with Crippen LogP contribution in [-0.2, 0) is 11.2 Å². The summed E-state index contributed by atoms with van der Waals surface area (Å²) >= 11 is 3.42. The molecule has 2 aromatic carbocycles. The molecule has 112 valence electrons. The number of nitrogens with one attached hydrogen (secondary N) is 2. The zero-order valence-corrected chi connectivity index (χ0v) is 13.9. The highest BCUT2D eigenvalue weighted by atomic mass is 79.9. The van der Waals surface area contributed by atoms with Crippen molar-refractivity contribution in [1.29, 1.82) is 0 Å². The first-order valence-electron chi connectivity index (χ1n) is 7.23. The second kappa shape index (κ2) is 6.36. The van der Waals surface area contributed by atoms with Gasteiger partial charge in [-0.15, -0.1) is 0 Å². The molecule has 0 radical (unpaired) electrons. The molecule has 22 heavy (non-hydrogen) atoms. The number of carbonyl (C=O) groups excluding carboxylic acids is 1. The first-order valence-corrected chi connectivity index (χ1v) is 8.02. The minimum Gasteiger partial charge on any atom is -0.361 e. The Kier molecular flexibility index (Phi) is 4.29. The van der Waals surface area contributed by atoms with E-state index in [0.717, 1.165) is 26.5 Å². The van der Waals surface area contributed by atoms with E-state index < -0.39 is 0 Å². The Morgan fingerprint density at radius 3 is 2.68 bits per heavy atom. The van der Waals surface area contributed by atoms with Gasteiger partial charge in [0.25, 0.3) is 0 Å². The van der Waals surface area contributed by atoms with E-state index in [1.807, 2.05) is 61.7 Å². The highest BCUT2D eigenvalue weighted by Crippen LogP contribution is 2.19. The molecule has 4 heteroatoms. The highest BCUT2D eigenvalue weighted by molar-refractivity contribution is 9.10. The summed E-state index contributed by atoms with van der Waals surface area (Å²) in [6.45, 7) is 2.00. The van der Waals surface area contributed by atoms with E-state index in [0.29, 0.717) is 6.42 Å². The van der Waals surface area contributed by atoms with Crippen molar-refractivity contribution in [2.75, 3.05) is 0 Å². The third kappa shape index (κ3) is 3.22. The molecule has 0 saturated heterocycles. The lowest BCUT2D eigenvalue weighted by Crippen LogP contribution is -2.28. The Bertz CT molecular complexity index is 792. The number of para-hydroxylation sites is 1. The van der Waals surface area contributed by atoms with Crippen LogP contribution in [0.5, 0.6) is 0 Å². The predicted octanol–water partition coefficient (Wildman–Crippen LogP) is 4.35. The Hall–Kier alpha value is -2.07. The molecule has 0 aliphatic carbocycles. The number of halogens is 1. The van der Waals surface area contributed by atoms with Crippen molar-refractivity contribution in [3.8, 4) is 0 Å². The van der Waals surface area contributed by atoms with Gasteiger partial charge in [0.1, 0.15) is 0 Å². The number of rotatable bonds is 4. The van der Waals surface area contributed by atoms with Crippen molar-refractivity contribution < 1.29 is 4.79 Å². The number of H-pyrrole nitrogens is 1. The van der Waals surface area contributed by atoms with E-state index in [4.69, 9.17) is 0 Å². The fourth-order valence-electron chi connectivity index (χ4n) is 2.58. The van der Waals surface area contributed by atoms with E-state index in [1.165, 1.54) is 0 Å². The molecule has 3 aromatic rings. The summed E-state index contributed by atoms with van der Waals surface area (Å²) in [5.41, 5.74) is 3.18. The van der Waals surface area contributed by atoms with Crippen molar-refractivity contribution in [2.24, 2.45) is 0 Å². The normalized spacial score (nSPS) is 12.3. The first-order chi connectivity index (χ1) is 10.6. The molecule has 0 fully saturated rings. The number of fused-ring (bicyclic) bond motifs is 1. The van der Waals surface area contributed by atoms with Gasteiger partial charge in [-0.1, -0.05) is 46.3 Å². The summed E-state index contributed by atoms with van der Waals surface area (Å²) in [5.74, 6) is 0.0279. The number of hydrogen-bond donors (Lipinski definition) is 2.